The topological polar surface area (TPSA) is 52.1 Å². The smallest absolute Gasteiger partial charge is 0.357 e. The van der Waals surface area contributed by atoms with Crippen molar-refractivity contribution in [2.45, 2.75) is 25.9 Å². The molecule has 0 fully saturated rings. The van der Waals surface area contributed by atoms with Crippen LogP contribution in [0.3, 0.4) is 0 Å². The summed E-state index contributed by atoms with van der Waals surface area (Å²) in [6.45, 7) is 6.18. The molecule has 0 bridgehead atoms. The largest absolute Gasteiger partial charge is 0.461 e. The highest BCUT2D eigenvalue weighted by Crippen LogP contribution is 2.28. The molecule has 0 spiro atoms. The minimum Gasteiger partial charge on any atom is -0.461 e. The standard InChI is InChI=1S/C16H18N2O2S/c1-5-20-15(19)14-13(9-17-16(18-14)21-4)12-8-6-7-10(2)11(12)3/h6-9H,5H2,1-4H3. The molecular weight excluding hydrogens is 284 g/mol. The van der Waals surface area contributed by atoms with Crippen LogP contribution < -0.4 is 0 Å². The van der Waals surface area contributed by atoms with Gasteiger partial charge in [-0.1, -0.05) is 30.0 Å². The van der Waals surface area contributed by atoms with E-state index in [9.17, 15) is 4.79 Å². The number of nitrogens with zero attached hydrogens (tertiary/aromatic N) is 2. The van der Waals surface area contributed by atoms with Gasteiger partial charge in [-0.3, -0.25) is 0 Å². The van der Waals surface area contributed by atoms with Crippen LogP contribution in [0.5, 0.6) is 0 Å². The van der Waals surface area contributed by atoms with Crippen molar-refractivity contribution in [3.05, 3.63) is 41.2 Å². The normalized spacial score (nSPS) is 10.5. The van der Waals surface area contributed by atoms with E-state index in [1.165, 1.54) is 11.8 Å². The highest BCUT2D eigenvalue weighted by molar-refractivity contribution is 7.98. The van der Waals surface area contributed by atoms with Gasteiger partial charge in [-0.05, 0) is 43.7 Å². The summed E-state index contributed by atoms with van der Waals surface area (Å²) < 4.78 is 5.12. The van der Waals surface area contributed by atoms with Crippen molar-refractivity contribution in [2.75, 3.05) is 12.9 Å². The summed E-state index contributed by atoms with van der Waals surface area (Å²) in [7, 11) is 0. The van der Waals surface area contributed by atoms with E-state index in [-0.39, 0.29) is 0 Å². The van der Waals surface area contributed by atoms with Crippen LogP contribution in [0.1, 0.15) is 28.5 Å². The Morgan fingerprint density at radius 3 is 2.71 bits per heavy atom. The van der Waals surface area contributed by atoms with Crippen LogP contribution in [0.4, 0.5) is 0 Å². The van der Waals surface area contributed by atoms with Crippen molar-refractivity contribution in [2.24, 2.45) is 0 Å². The van der Waals surface area contributed by atoms with Crippen LogP contribution in [-0.4, -0.2) is 28.8 Å². The zero-order valence-corrected chi connectivity index (χ0v) is 13.5. The molecule has 0 saturated carbocycles. The second kappa shape index (κ2) is 6.72. The van der Waals surface area contributed by atoms with Crippen molar-refractivity contribution >= 4 is 17.7 Å². The van der Waals surface area contributed by atoms with Gasteiger partial charge < -0.3 is 4.74 Å². The Balaban J connectivity index is 2.62. The van der Waals surface area contributed by atoms with E-state index in [4.69, 9.17) is 4.74 Å². The molecule has 4 nitrogen and oxygen atoms in total. The number of aromatic nitrogens is 2. The van der Waals surface area contributed by atoms with Crippen LogP contribution in [0.15, 0.2) is 29.6 Å². The molecule has 0 aliphatic heterocycles. The average molecular weight is 302 g/mol. The quantitative estimate of drug-likeness (QED) is 0.490. The number of hydrogen-bond donors (Lipinski definition) is 0. The maximum absolute atomic E-state index is 12.2. The van der Waals surface area contributed by atoms with E-state index in [0.29, 0.717) is 23.0 Å². The molecule has 0 unspecified atom stereocenters. The van der Waals surface area contributed by atoms with Gasteiger partial charge in [0.2, 0.25) is 0 Å². The summed E-state index contributed by atoms with van der Waals surface area (Å²) in [5, 5.41) is 0.562. The average Bonchev–Trinajstić information content (AvgIpc) is 2.50. The molecule has 0 radical (unpaired) electrons. The van der Waals surface area contributed by atoms with E-state index in [1.807, 2.05) is 38.3 Å². The molecule has 21 heavy (non-hydrogen) atoms. The summed E-state index contributed by atoms with van der Waals surface area (Å²) in [5.41, 5.74) is 4.28. The molecular formula is C16H18N2O2S. The number of benzene rings is 1. The molecule has 1 aromatic carbocycles. The number of esters is 1. The second-order valence-corrected chi connectivity index (χ2v) is 5.36. The molecule has 5 heteroatoms. The van der Waals surface area contributed by atoms with Crippen molar-refractivity contribution < 1.29 is 9.53 Å². The monoisotopic (exact) mass is 302 g/mol. The number of rotatable bonds is 4. The van der Waals surface area contributed by atoms with Crippen LogP contribution >= 0.6 is 11.8 Å². The molecule has 1 heterocycles. The summed E-state index contributed by atoms with van der Waals surface area (Å²) in [5.74, 6) is -0.411. The third-order valence-corrected chi connectivity index (χ3v) is 3.87. The molecule has 0 N–H and O–H groups in total. The lowest BCUT2D eigenvalue weighted by atomic mass is 9.97. The zero-order chi connectivity index (χ0) is 15.4. The number of carbonyl (C=O) groups excluding carboxylic acids is 1. The Bertz CT molecular complexity index is 671. The van der Waals surface area contributed by atoms with Gasteiger partial charge in [-0.15, -0.1) is 0 Å². The number of thioether (sulfide) groups is 1. The van der Waals surface area contributed by atoms with Gasteiger partial charge in [0.05, 0.1) is 6.61 Å². The second-order valence-electron chi connectivity index (χ2n) is 4.59. The number of aryl methyl sites for hydroxylation is 1. The Labute approximate surface area is 129 Å². The maximum atomic E-state index is 12.2. The van der Waals surface area contributed by atoms with Crippen LogP contribution in [0, 0.1) is 13.8 Å². The Kier molecular flexibility index (Phi) is 4.96. The molecule has 0 amide bonds. The lowest BCUT2D eigenvalue weighted by Gasteiger charge is -2.12. The summed E-state index contributed by atoms with van der Waals surface area (Å²) in [4.78, 5) is 20.8. The molecule has 0 aliphatic rings. The predicted molar refractivity (Wildman–Crippen MR) is 84.7 cm³/mol. The van der Waals surface area contributed by atoms with Crippen molar-refractivity contribution in [1.29, 1.82) is 0 Å². The van der Waals surface area contributed by atoms with Gasteiger partial charge in [0.25, 0.3) is 0 Å². The number of hydrogen-bond acceptors (Lipinski definition) is 5. The third kappa shape index (κ3) is 3.24. The van der Waals surface area contributed by atoms with Gasteiger partial charge >= 0.3 is 5.97 Å². The van der Waals surface area contributed by atoms with Crippen LogP contribution in [0.2, 0.25) is 0 Å². The first-order chi connectivity index (χ1) is 10.1. The van der Waals surface area contributed by atoms with E-state index in [1.54, 1.807) is 13.1 Å². The zero-order valence-electron chi connectivity index (χ0n) is 12.6. The Hall–Kier alpha value is -1.88. The van der Waals surface area contributed by atoms with Gasteiger partial charge in [-0.25, -0.2) is 14.8 Å². The van der Waals surface area contributed by atoms with Crippen LogP contribution in [-0.2, 0) is 4.74 Å². The lowest BCUT2D eigenvalue weighted by Crippen LogP contribution is -2.11. The Morgan fingerprint density at radius 1 is 1.29 bits per heavy atom. The first kappa shape index (κ1) is 15.5. The van der Waals surface area contributed by atoms with Crippen molar-refractivity contribution in [1.82, 2.24) is 9.97 Å². The summed E-state index contributed by atoms with van der Waals surface area (Å²) >= 11 is 1.40. The molecule has 2 rings (SSSR count). The third-order valence-electron chi connectivity index (χ3n) is 3.31. The van der Waals surface area contributed by atoms with Crippen molar-refractivity contribution in [3.8, 4) is 11.1 Å². The summed E-state index contributed by atoms with van der Waals surface area (Å²) in [6, 6.07) is 5.98. The summed E-state index contributed by atoms with van der Waals surface area (Å²) in [6.07, 6.45) is 3.58. The number of carbonyl (C=O) groups is 1. The van der Waals surface area contributed by atoms with Crippen molar-refractivity contribution in [3.63, 3.8) is 0 Å². The van der Waals surface area contributed by atoms with E-state index >= 15 is 0 Å². The van der Waals surface area contributed by atoms with E-state index < -0.39 is 5.97 Å². The molecule has 0 atom stereocenters. The first-order valence-electron chi connectivity index (χ1n) is 6.73. The first-order valence-corrected chi connectivity index (χ1v) is 7.95. The molecule has 110 valence electrons. The number of ether oxygens (including phenoxy) is 1. The Morgan fingerprint density at radius 2 is 2.05 bits per heavy atom. The van der Waals surface area contributed by atoms with Gasteiger partial charge in [0.1, 0.15) is 0 Å². The fourth-order valence-electron chi connectivity index (χ4n) is 2.06. The lowest BCUT2D eigenvalue weighted by molar-refractivity contribution is 0.0519. The molecule has 2 aromatic rings. The minimum atomic E-state index is -0.411. The maximum Gasteiger partial charge on any atom is 0.357 e. The van der Waals surface area contributed by atoms with Gasteiger partial charge in [0.15, 0.2) is 10.9 Å². The predicted octanol–water partition coefficient (Wildman–Crippen LogP) is 3.66. The fourth-order valence-corrected chi connectivity index (χ4v) is 2.40. The van der Waals surface area contributed by atoms with E-state index in [0.717, 1.165) is 16.7 Å². The van der Waals surface area contributed by atoms with Crippen LogP contribution in [0.25, 0.3) is 11.1 Å². The molecule has 0 aliphatic carbocycles. The SMILES string of the molecule is CCOC(=O)c1nc(SC)ncc1-c1cccc(C)c1C. The van der Waals surface area contributed by atoms with Gasteiger partial charge in [0, 0.05) is 11.8 Å². The van der Waals surface area contributed by atoms with Gasteiger partial charge in [-0.2, -0.15) is 0 Å². The highest BCUT2D eigenvalue weighted by atomic mass is 32.2. The molecule has 1 aromatic heterocycles. The van der Waals surface area contributed by atoms with E-state index in [2.05, 4.69) is 9.97 Å². The fraction of sp³-hybridized carbons (Fsp3) is 0.312. The minimum absolute atomic E-state index is 0.323. The molecule has 0 saturated heterocycles. The highest BCUT2D eigenvalue weighted by Gasteiger charge is 2.19.